The van der Waals surface area contributed by atoms with E-state index in [2.05, 4.69) is 5.32 Å². The summed E-state index contributed by atoms with van der Waals surface area (Å²) < 4.78 is 10.8. The number of carbonyl (C=O) groups excluding carboxylic acids is 1. The Morgan fingerprint density at radius 1 is 1.00 bits per heavy atom. The number of nitrogens with zero attached hydrogens (tertiary/aromatic N) is 1. The van der Waals surface area contributed by atoms with Crippen molar-refractivity contribution in [3.8, 4) is 0 Å². The van der Waals surface area contributed by atoms with Crippen molar-refractivity contribution in [2.24, 2.45) is 0 Å². The Morgan fingerprint density at radius 2 is 1.75 bits per heavy atom. The average molecular weight is 376 g/mol. The molecule has 0 aliphatic carbocycles. The van der Waals surface area contributed by atoms with E-state index in [4.69, 9.17) is 8.83 Å². The summed E-state index contributed by atoms with van der Waals surface area (Å²) >= 11 is 0. The summed E-state index contributed by atoms with van der Waals surface area (Å²) in [5.41, 5.74) is 1.60. The van der Waals surface area contributed by atoms with Crippen molar-refractivity contribution in [1.29, 1.82) is 0 Å². The Balaban J connectivity index is 1.36. The van der Waals surface area contributed by atoms with E-state index >= 15 is 0 Å². The van der Waals surface area contributed by atoms with Crippen LogP contribution >= 0.6 is 0 Å². The maximum Gasteiger partial charge on any atom is 0.338 e. The number of hydrogen-bond donors (Lipinski definition) is 1. The van der Waals surface area contributed by atoms with Gasteiger partial charge in [0.2, 0.25) is 0 Å². The molecule has 2 aromatic heterocycles. The maximum atomic E-state index is 12.6. The second-order valence-electron chi connectivity index (χ2n) is 6.63. The molecule has 0 bridgehead atoms. The smallest absolute Gasteiger partial charge is 0.338 e. The zero-order valence-electron chi connectivity index (χ0n) is 15.5. The summed E-state index contributed by atoms with van der Waals surface area (Å²) in [6.45, 7) is 1.17. The van der Waals surface area contributed by atoms with E-state index in [1.54, 1.807) is 24.1 Å². The molecule has 0 spiro atoms. The van der Waals surface area contributed by atoms with Crippen LogP contribution in [0.4, 0.5) is 5.69 Å². The van der Waals surface area contributed by atoms with Gasteiger partial charge < -0.3 is 19.1 Å². The van der Waals surface area contributed by atoms with Crippen molar-refractivity contribution in [3.05, 3.63) is 76.8 Å². The Hall–Kier alpha value is -3.54. The molecule has 0 aliphatic rings. The number of furan rings is 1. The fraction of sp³-hybridized carbons (Fsp3) is 0.182. The molecule has 28 heavy (non-hydrogen) atoms. The van der Waals surface area contributed by atoms with E-state index in [0.717, 1.165) is 22.9 Å². The van der Waals surface area contributed by atoms with Crippen molar-refractivity contribution >= 4 is 33.5 Å². The van der Waals surface area contributed by atoms with E-state index in [9.17, 15) is 9.59 Å². The van der Waals surface area contributed by atoms with Crippen LogP contribution in [-0.2, 0) is 0 Å². The number of nitrogens with one attached hydrogen (secondary N) is 1. The number of rotatable bonds is 6. The molecule has 6 heteroatoms. The van der Waals surface area contributed by atoms with Crippen LogP contribution < -0.4 is 10.9 Å². The van der Waals surface area contributed by atoms with E-state index in [1.807, 2.05) is 42.5 Å². The highest BCUT2D eigenvalue weighted by Gasteiger charge is 2.16. The molecule has 0 unspecified atom stereocenters. The number of carbonyl (C=O) groups is 1. The average Bonchev–Trinajstić information content (AvgIpc) is 3.14. The van der Waals surface area contributed by atoms with Crippen molar-refractivity contribution in [2.75, 3.05) is 25.5 Å². The van der Waals surface area contributed by atoms with Crippen molar-refractivity contribution < 1.29 is 13.6 Å². The summed E-state index contributed by atoms with van der Waals surface area (Å²) in [4.78, 5) is 25.9. The molecule has 4 aromatic rings. The lowest BCUT2D eigenvalue weighted by molar-refractivity contribution is 0.0765. The van der Waals surface area contributed by atoms with Gasteiger partial charge in [0.25, 0.3) is 5.91 Å². The lowest BCUT2D eigenvalue weighted by Crippen LogP contribution is -2.28. The molecule has 0 radical (unpaired) electrons. The topological polar surface area (TPSA) is 75.7 Å². The first-order valence-electron chi connectivity index (χ1n) is 9.12. The lowest BCUT2D eigenvalue weighted by atomic mass is 10.2. The highest BCUT2D eigenvalue weighted by molar-refractivity contribution is 5.96. The van der Waals surface area contributed by atoms with Gasteiger partial charge in [-0.3, -0.25) is 4.79 Å². The number of benzene rings is 2. The third-order valence-corrected chi connectivity index (χ3v) is 4.62. The minimum atomic E-state index is -0.390. The van der Waals surface area contributed by atoms with Gasteiger partial charge in [-0.2, -0.15) is 0 Å². The quantitative estimate of drug-likeness (QED) is 0.405. The van der Waals surface area contributed by atoms with Gasteiger partial charge in [-0.15, -0.1) is 0 Å². The molecule has 0 atom stereocenters. The van der Waals surface area contributed by atoms with E-state index < -0.39 is 5.63 Å². The second-order valence-corrected chi connectivity index (χ2v) is 6.63. The van der Waals surface area contributed by atoms with Crippen LogP contribution in [-0.4, -0.2) is 30.9 Å². The zero-order valence-corrected chi connectivity index (χ0v) is 15.5. The van der Waals surface area contributed by atoms with Gasteiger partial charge in [-0.25, -0.2) is 4.79 Å². The predicted molar refractivity (Wildman–Crippen MR) is 109 cm³/mol. The van der Waals surface area contributed by atoms with Crippen LogP contribution in [0.3, 0.4) is 0 Å². The summed E-state index contributed by atoms with van der Waals surface area (Å²) in [6, 6.07) is 18.2. The van der Waals surface area contributed by atoms with Gasteiger partial charge in [-0.1, -0.05) is 30.3 Å². The first-order valence-corrected chi connectivity index (χ1v) is 9.12. The summed E-state index contributed by atoms with van der Waals surface area (Å²) in [6.07, 6.45) is 0.719. The number of fused-ring (bicyclic) bond motifs is 2. The van der Waals surface area contributed by atoms with Crippen molar-refractivity contribution in [3.63, 3.8) is 0 Å². The molecular weight excluding hydrogens is 356 g/mol. The van der Waals surface area contributed by atoms with Crippen LogP contribution in [0, 0.1) is 0 Å². The molecule has 0 saturated carbocycles. The molecule has 2 heterocycles. The summed E-state index contributed by atoms with van der Waals surface area (Å²) in [5, 5.41) is 5.03. The molecule has 6 nitrogen and oxygen atoms in total. The van der Waals surface area contributed by atoms with Crippen LogP contribution in [0.15, 0.2) is 74.3 Å². The van der Waals surface area contributed by atoms with E-state index in [-0.39, 0.29) is 5.91 Å². The van der Waals surface area contributed by atoms with Gasteiger partial charge in [-0.05, 0) is 30.7 Å². The minimum Gasteiger partial charge on any atom is -0.451 e. The van der Waals surface area contributed by atoms with E-state index in [0.29, 0.717) is 30.0 Å². The highest BCUT2D eigenvalue weighted by Crippen LogP contribution is 2.21. The number of amides is 1. The standard InChI is InChI=1S/C22H20N2O4/c1-24(22(26)20-13-15-7-2-4-9-18(15)27-20)12-6-11-23-17-14-21(25)28-19-10-5-3-8-16(17)19/h2-5,7-10,13-14,23H,6,11-12H2,1H3. The Kier molecular flexibility index (Phi) is 4.85. The summed E-state index contributed by atoms with van der Waals surface area (Å²) in [5.74, 6) is 0.185. The fourth-order valence-electron chi connectivity index (χ4n) is 3.17. The Bertz CT molecular complexity index is 1160. The molecule has 0 saturated heterocycles. The Morgan fingerprint density at radius 3 is 2.57 bits per heavy atom. The van der Waals surface area contributed by atoms with Gasteiger partial charge in [0, 0.05) is 37.0 Å². The van der Waals surface area contributed by atoms with Crippen LogP contribution in [0.1, 0.15) is 17.0 Å². The van der Waals surface area contributed by atoms with Crippen molar-refractivity contribution in [2.45, 2.75) is 6.42 Å². The molecular formula is C22H20N2O4. The largest absolute Gasteiger partial charge is 0.451 e. The third-order valence-electron chi connectivity index (χ3n) is 4.62. The van der Waals surface area contributed by atoms with Crippen LogP contribution in [0.25, 0.3) is 21.9 Å². The van der Waals surface area contributed by atoms with Crippen LogP contribution in [0.2, 0.25) is 0 Å². The molecule has 0 aliphatic heterocycles. The van der Waals surface area contributed by atoms with E-state index in [1.165, 1.54) is 6.07 Å². The molecule has 0 fully saturated rings. The van der Waals surface area contributed by atoms with Crippen molar-refractivity contribution in [1.82, 2.24) is 4.90 Å². The number of anilines is 1. The highest BCUT2D eigenvalue weighted by atomic mass is 16.4. The zero-order chi connectivity index (χ0) is 19.5. The fourth-order valence-corrected chi connectivity index (χ4v) is 3.17. The molecule has 1 N–H and O–H groups in total. The van der Waals surface area contributed by atoms with Crippen LogP contribution in [0.5, 0.6) is 0 Å². The monoisotopic (exact) mass is 376 g/mol. The first-order chi connectivity index (χ1) is 13.6. The lowest BCUT2D eigenvalue weighted by Gasteiger charge is -2.16. The molecule has 142 valence electrons. The normalized spacial score (nSPS) is 11.0. The number of para-hydroxylation sites is 2. The third kappa shape index (κ3) is 3.62. The van der Waals surface area contributed by atoms with Gasteiger partial charge >= 0.3 is 5.63 Å². The SMILES string of the molecule is CN(CCCNc1cc(=O)oc2ccccc12)C(=O)c1cc2ccccc2o1. The van der Waals surface area contributed by atoms with Gasteiger partial charge in [0.05, 0.1) is 5.69 Å². The summed E-state index contributed by atoms with van der Waals surface area (Å²) in [7, 11) is 1.75. The Labute approximate surface area is 161 Å². The number of hydrogen-bond acceptors (Lipinski definition) is 5. The molecule has 4 rings (SSSR count). The minimum absolute atomic E-state index is 0.151. The van der Waals surface area contributed by atoms with Gasteiger partial charge in [0.15, 0.2) is 5.76 Å². The molecule has 1 amide bonds. The second kappa shape index (κ2) is 7.60. The molecule has 2 aromatic carbocycles. The first kappa shape index (κ1) is 17.9. The maximum absolute atomic E-state index is 12.6. The van der Waals surface area contributed by atoms with Gasteiger partial charge in [0.1, 0.15) is 11.2 Å². The predicted octanol–water partition coefficient (Wildman–Crippen LogP) is 4.11.